The first-order valence-electron chi connectivity index (χ1n) is 9.89. The molecular formula is C22H28ClN3O4S. The Hall–Kier alpha value is -2.58. The number of nitrogens with one attached hydrogen (secondary N) is 1. The molecule has 0 saturated carbocycles. The molecule has 2 rings (SSSR count). The Morgan fingerprint density at radius 2 is 1.71 bits per heavy atom. The molecule has 0 aliphatic heterocycles. The quantitative estimate of drug-likeness (QED) is 0.617. The summed E-state index contributed by atoms with van der Waals surface area (Å²) in [5.41, 5.74) is 2.04. The van der Waals surface area contributed by atoms with Gasteiger partial charge in [-0.1, -0.05) is 48.9 Å². The van der Waals surface area contributed by atoms with Crippen molar-refractivity contribution in [1.29, 1.82) is 0 Å². The summed E-state index contributed by atoms with van der Waals surface area (Å²) < 4.78 is 26.2. The van der Waals surface area contributed by atoms with Crippen molar-refractivity contribution in [2.24, 2.45) is 0 Å². The zero-order valence-corrected chi connectivity index (χ0v) is 19.7. The van der Waals surface area contributed by atoms with Crippen LogP contribution in [-0.4, -0.2) is 51.0 Å². The van der Waals surface area contributed by atoms with Crippen molar-refractivity contribution in [1.82, 2.24) is 10.2 Å². The Balaban J connectivity index is 2.41. The third kappa shape index (κ3) is 6.45. The van der Waals surface area contributed by atoms with Crippen LogP contribution in [0.1, 0.15) is 25.0 Å². The lowest BCUT2D eigenvalue weighted by Crippen LogP contribution is -2.50. The van der Waals surface area contributed by atoms with Crippen molar-refractivity contribution in [2.75, 3.05) is 24.2 Å². The standard InChI is InChI=1S/C22H28ClN3O4S/c1-5-18-8-6-7-9-20(18)26(31(4,29)30)15-21(27)25(16(2)22(28)24-3)14-17-10-12-19(23)13-11-17/h6-13,16H,5,14-15H2,1-4H3,(H,24,28)/t16-/m1/s1. The average molecular weight is 466 g/mol. The molecule has 0 bridgehead atoms. The average Bonchev–Trinajstić information content (AvgIpc) is 2.75. The highest BCUT2D eigenvalue weighted by atomic mass is 35.5. The number of likely N-dealkylation sites (N-methyl/N-ethyl adjacent to an activating group) is 1. The van der Waals surface area contributed by atoms with Crippen molar-refractivity contribution >= 4 is 39.1 Å². The van der Waals surface area contributed by atoms with Crippen LogP contribution in [0, 0.1) is 0 Å². The summed E-state index contributed by atoms with van der Waals surface area (Å²) in [6.07, 6.45) is 1.68. The van der Waals surface area contributed by atoms with Gasteiger partial charge in [0.15, 0.2) is 0 Å². The first kappa shape index (κ1) is 24.7. The summed E-state index contributed by atoms with van der Waals surface area (Å²) in [5.74, 6) is -0.829. The van der Waals surface area contributed by atoms with Gasteiger partial charge in [0.25, 0.3) is 0 Å². The molecule has 2 aromatic carbocycles. The minimum absolute atomic E-state index is 0.137. The van der Waals surface area contributed by atoms with E-state index in [1.165, 1.54) is 11.9 Å². The Kier molecular flexibility index (Phi) is 8.47. The Bertz CT molecular complexity index is 1030. The zero-order chi connectivity index (χ0) is 23.2. The fraction of sp³-hybridized carbons (Fsp3) is 0.364. The number of carbonyl (C=O) groups is 2. The van der Waals surface area contributed by atoms with Gasteiger partial charge in [-0.3, -0.25) is 13.9 Å². The van der Waals surface area contributed by atoms with E-state index in [0.29, 0.717) is 17.1 Å². The third-order valence-corrected chi connectivity index (χ3v) is 6.38. The number of para-hydroxylation sites is 1. The summed E-state index contributed by atoms with van der Waals surface area (Å²) in [4.78, 5) is 27.0. The highest BCUT2D eigenvalue weighted by molar-refractivity contribution is 7.92. The van der Waals surface area contributed by atoms with E-state index in [1.807, 2.05) is 19.1 Å². The second kappa shape index (κ2) is 10.6. The molecule has 0 aromatic heterocycles. The monoisotopic (exact) mass is 465 g/mol. The predicted octanol–water partition coefficient (Wildman–Crippen LogP) is 2.83. The smallest absolute Gasteiger partial charge is 0.244 e. The first-order chi connectivity index (χ1) is 14.6. The summed E-state index contributed by atoms with van der Waals surface area (Å²) in [6.45, 7) is 3.25. The number of anilines is 1. The molecule has 9 heteroatoms. The molecule has 0 radical (unpaired) electrons. The molecule has 0 heterocycles. The molecule has 2 amide bonds. The number of amides is 2. The van der Waals surface area contributed by atoms with Gasteiger partial charge in [-0.05, 0) is 42.7 Å². The SMILES string of the molecule is CCc1ccccc1N(CC(=O)N(Cc1ccc(Cl)cc1)[C@H](C)C(=O)NC)S(C)(=O)=O. The molecule has 2 aromatic rings. The van der Waals surface area contributed by atoms with Crippen LogP contribution in [-0.2, 0) is 32.6 Å². The third-order valence-electron chi connectivity index (χ3n) is 5.00. The van der Waals surface area contributed by atoms with Crippen LogP contribution < -0.4 is 9.62 Å². The maximum atomic E-state index is 13.3. The van der Waals surface area contributed by atoms with E-state index in [-0.39, 0.29) is 12.5 Å². The highest BCUT2D eigenvalue weighted by Gasteiger charge is 2.30. The van der Waals surface area contributed by atoms with E-state index in [2.05, 4.69) is 5.32 Å². The van der Waals surface area contributed by atoms with Gasteiger partial charge in [-0.2, -0.15) is 0 Å². The van der Waals surface area contributed by atoms with Crippen molar-refractivity contribution < 1.29 is 18.0 Å². The number of hydrogen-bond acceptors (Lipinski definition) is 4. The number of nitrogens with zero attached hydrogens (tertiary/aromatic N) is 2. The van der Waals surface area contributed by atoms with Crippen LogP contribution in [0.3, 0.4) is 0 Å². The van der Waals surface area contributed by atoms with Gasteiger partial charge in [0.1, 0.15) is 12.6 Å². The van der Waals surface area contributed by atoms with Crippen molar-refractivity contribution in [3.63, 3.8) is 0 Å². The molecule has 0 spiro atoms. The molecule has 168 valence electrons. The summed E-state index contributed by atoms with van der Waals surface area (Å²) >= 11 is 5.94. The normalized spacial score (nSPS) is 12.2. The summed E-state index contributed by atoms with van der Waals surface area (Å²) in [5, 5.41) is 3.10. The molecule has 7 nitrogen and oxygen atoms in total. The second-order valence-corrected chi connectivity index (χ2v) is 9.53. The van der Waals surface area contributed by atoms with Crippen LogP contribution in [0.15, 0.2) is 48.5 Å². The first-order valence-corrected chi connectivity index (χ1v) is 12.1. The highest BCUT2D eigenvalue weighted by Crippen LogP contribution is 2.24. The van der Waals surface area contributed by atoms with Gasteiger partial charge in [0, 0.05) is 18.6 Å². The molecule has 0 aliphatic rings. The van der Waals surface area contributed by atoms with Gasteiger partial charge in [0.05, 0.1) is 11.9 Å². The molecule has 1 N–H and O–H groups in total. The van der Waals surface area contributed by atoms with Crippen molar-refractivity contribution in [3.05, 3.63) is 64.7 Å². The van der Waals surface area contributed by atoms with Crippen LogP contribution in [0.4, 0.5) is 5.69 Å². The predicted molar refractivity (Wildman–Crippen MR) is 124 cm³/mol. The lowest BCUT2D eigenvalue weighted by Gasteiger charge is -2.31. The topological polar surface area (TPSA) is 86.8 Å². The van der Waals surface area contributed by atoms with Gasteiger partial charge < -0.3 is 10.2 Å². The molecule has 0 fully saturated rings. The van der Waals surface area contributed by atoms with E-state index in [1.54, 1.807) is 43.3 Å². The van der Waals surface area contributed by atoms with Gasteiger partial charge >= 0.3 is 0 Å². The van der Waals surface area contributed by atoms with Gasteiger partial charge in [0.2, 0.25) is 21.8 Å². The molecule has 0 unspecified atom stereocenters. The van der Waals surface area contributed by atoms with E-state index in [9.17, 15) is 18.0 Å². The molecule has 0 saturated heterocycles. The maximum absolute atomic E-state index is 13.3. The Labute approximate surface area is 189 Å². The number of benzene rings is 2. The van der Waals surface area contributed by atoms with Crippen LogP contribution in [0.25, 0.3) is 0 Å². The largest absolute Gasteiger partial charge is 0.357 e. The second-order valence-electron chi connectivity index (χ2n) is 7.19. The van der Waals surface area contributed by atoms with Gasteiger partial charge in [-0.15, -0.1) is 0 Å². The molecule has 1 atom stereocenters. The van der Waals surface area contributed by atoms with E-state index in [0.717, 1.165) is 21.7 Å². The number of carbonyl (C=O) groups excluding carboxylic acids is 2. The van der Waals surface area contributed by atoms with E-state index < -0.39 is 28.5 Å². The van der Waals surface area contributed by atoms with Crippen molar-refractivity contribution in [2.45, 2.75) is 32.9 Å². The fourth-order valence-corrected chi connectivity index (χ4v) is 4.23. The summed E-state index contributed by atoms with van der Waals surface area (Å²) in [6, 6.07) is 13.2. The Morgan fingerprint density at radius 1 is 1.10 bits per heavy atom. The fourth-order valence-electron chi connectivity index (χ4n) is 3.23. The van der Waals surface area contributed by atoms with Gasteiger partial charge in [-0.25, -0.2) is 8.42 Å². The van der Waals surface area contributed by atoms with Crippen LogP contribution in [0.5, 0.6) is 0 Å². The van der Waals surface area contributed by atoms with Crippen LogP contribution >= 0.6 is 11.6 Å². The minimum Gasteiger partial charge on any atom is -0.357 e. The lowest BCUT2D eigenvalue weighted by molar-refractivity contribution is -0.139. The van der Waals surface area contributed by atoms with E-state index >= 15 is 0 Å². The lowest BCUT2D eigenvalue weighted by atomic mass is 10.1. The number of halogens is 1. The minimum atomic E-state index is -3.74. The molecule has 31 heavy (non-hydrogen) atoms. The molecular weight excluding hydrogens is 438 g/mol. The zero-order valence-electron chi connectivity index (χ0n) is 18.1. The number of aryl methyl sites for hydroxylation is 1. The van der Waals surface area contributed by atoms with Crippen molar-refractivity contribution in [3.8, 4) is 0 Å². The Morgan fingerprint density at radius 3 is 2.26 bits per heavy atom. The van der Waals surface area contributed by atoms with Crippen LogP contribution in [0.2, 0.25) is 5.02 Å². The number of hydrogen-bond donors (Lipinski definition) is 1. The van der Waals surface area contributed by atoms with E-state index in [4.69, 9.17) is 11.6 Å². The summed E-state index contributed by atoms with van der Waals surface area (Å²) in [7, 11) is -2.25. The molecule has 0 aliphatic carbocycles. The number of sulfonamides is 1. The number of rotatable bonds is 9. The maximum Gasteiger partial charge on any atom is 0.244 e.